The summed E-state index contributed by atoms with van der Waals surface area (Å²) >= 11 is 0. The minimum atomic E-state index is -0.637. The summed E-state index contributed by atoms with van der Waals surface area (Å²) in [4.78, 5) is 28.4. The smallest absolute Gasteiger partial charge is 0.277 e. The highest BCUT2D eigenvalue weighted by molar-refractivity contribution is 5.90. The van der Waals surface area contributed by atoms with E-state index in [0.717, 1.165) is 57.8 Å². The van der Waals surface area contributed by atoms with Gasteiger partial charge in [0, 0.05) is 45.0 Å². The Hall–Kier alpha value is -3.28. The first-order valence-corrected chi connectivity index (χ1v) is 12.7. The van der Waals surface area contributed by atoms with Crippen LogP contribution in [0.3, 0.4) is 0 Å². The van der Waals surface area contributed by atoms with Gasteiger partial charge in [-0.1, -0.05) is 12.8 Å². The maximum Gasteiger partial charge on any atom is 0.277 e. The molecule has 2 aliphatic rings. The number of aromatic amines is 1. The lowest BCUT2D eigenvalue weighted by Crippen LogP contribution is -2.50. The number of fused-ring (bicyclic) bond motifs is 1. The van der Waals surface area contributed by atoms with Crippen molar-refractivity contribution in [2.45, 2.75) is 31.9 Å². The van der Waals surface area contributed by atoms with Gasteiger partial charge in [0.15, 0.2) is 0 Å². The van der Waals surface area contributed by atoms with Gasteiger partial charge in [0.2, 0.25) is 5.95 Å². The van der Waals surface area contributed by atoms with Gasteiger partial charge in [0.1, 0.15) is 35.3 Å². The van der Waals surface area contributed by atoms with E-state index in [2.05, 4.69) is 37.3 Å². The molecule has 3 N–H and O–H groups in total. The Morgan fingerprint density at radius 2 is 1.75 bits per heavy atom. The van der Waals surface area contributed by atoms with Crippen molar-refractivity contribution >= 4 is 28.4 Å². The average molecular weight is 495 g/mol. The molecule has 2 fully saturated rings. The van der Waals surface area contributed by atoms with Crippen molar-refractivity contribution < 1.29 is 9.84 Å². The van der Waals surface area contributed by atoms with E-state index in [-0.39, 0.29) is 12.2 Å². The molecule has 1 aromatic carbocycles. The van der Waals surface area contributed by atoms with Gasteiger partial charge in [0.25, 0.3) is 5.56 Å². The SMILES string of the molecule is CN1CCN(C(O)COc2ccc(Nc3nc(N4CCCCCC4)nc4cn[nH]c(=O)c34)cc2)CC1. The molecule has 5 rings (SSSR count). The number of hydrogen-bond donors (Lipinski definition) is 3. The van der Waals surface area contributed by atoms with Crippen LogP contribution in [0.5, 0.6) is 5.75 Å². The van der Waals surface area contributed by atoms with Crippen molar-refractivity contribution in [2.24, 2.45) is 0 Å². The molecule has 2 aliphatic heterocycles. The third kappa shape index (κ3) is 5.75. The Morgan fingerprint density at radius 1 is 1.03 bits per heavy atom. The second-order valence-corrected chi connectivity index (χ2v) is 9.51. The van der Waals surface area contributed by atoms with Crippen LogP contribution in [0.4, 0.5) is 17.5 Å². The number of ether oxygens (including phenoxy) is 1. The summed E-state index contributed by atoms with van der Waals surface area (Å²) in [6, 6.07) is 7.41. The number of rotatable bonds is 7. The second-order valence-electron chi connectivity index (χ2n) is 9.51. The predicted molar refractivity (Wildman–Crippen MR) is 139 cm³/mol. The Kier molecular flexibility index (Phi) is 7.59. The van der Waals surface area contributed by atoms with Crippen LogP contribution in [0.1, 0.15) is 25.7 Å². The average Bonchev–Trinajstić information content (AvgIpc) is 3.18. The summed E-state index contributed by atoms with van der Waals surface area (Å²) in [5.74, 6) is 1.72. The van der Waals surface area contributed by atoms with E-state index >= 15 is 0 Å². The summed E-state index contributed by atoms with van der Waals surface area (Å²) in [6.07, 6.45) is 5.54. The third-order valence-electron chi connectivity index (χ3n) is 6.87. The van der Waals surface area contributed by atoms with Gasteiger partial charge in [0.05, 0.1) is 6.20 Å². The number of hydrogen-bond acceptors (Lipinski definition) is 10. The number of H-pyrrole nitrogens is 1. The van der Waals surface area contributed by atoms with Gasteiger partial charge in [-0.25, -0.2) is 10.1 Å². The molecule has 11 nitrogen and oxygen atoms in total. The molecule has 0 spiro atoms. The molecule has 2 saturated heterocycles. The molecular weight excluding hydrogens is 460 g/mol. The van der Waals surface area contributed by atoms with Crippen LogP contribution < -0.4 is 20.5 Å². The minimum Gasteiger partial charge on any atom is -0.489 e. The zero-order valence-electron chi connectivity index (χ0n) is 20.7. The van der Waals surface area contributed by atoms with Crippen molar-refractivity contribution in [1.29, 1.82) is 0 Å². The van der Waals surface area contributed by atoms with Crippen molar-refractivity contribution in [3.8, 4) is 5.75 Å². The second kappa shape index (κ2) is 11.2. The molecule has 4 heterocycles. The standard InChI is InChI=1S/C25H34N8O3/c1-31-12-14-32(15-13-31)21(34)17-36-19-8-6-18(7-9-19)27-23-22-20(16-26-30-24(22)35)28-25(29-23)33-10-4-2-3-5-11-33/h6-9,16,21,34H,2-5,10-15,17H2,1H3,(H,30,35)(H,27,28,29). The van der Waals surface area contributed by atoms with E-state index in [1.165, 1.54) is 12.8 Å². The number of aliphatic hydroxyl groups is 1. The van der Waals surface area contributed by atoms with Gasteiger partial charge in [-0.15, -0.1) is 0 Å². The molecule has 0 aliphatic carbocycles. The molecule has 0 saturated carbocycles. The number of likely N-dealkylation sites (N-methyl/N-ethyl adjacent to an activating group) is 1. The third-order valence-corrected chi connectivity index (χ3v) is 6.87. The summed E-state index contributed by atoms with van der Waals surface area (Å²) in [5.41, 5.74) is 0.934. The van der Waals surface area contributed by atoms with E-state index < -0.39 is 6.23 Å². The van der Waals surface area contributed by atoms with E-state index in [1.54, 1.807) is 6.20 Å². The predicted octanol–water partition coefficient (Wildman–Crippen LogP) is 1.78. The van der Waals surface area contributed by atoms with Crippen LogP contribution in [0.15, 0.2) is 35.3 Å². The lowest BCUT2D eigenvalue weighted by atomic mass is 10.2. The highest BCUT2D eigenvalue weighted by Gasteiger charge is 2.21. The number of aliphatic hydroxyl groups excluding tert-OH is 1. The molecule has 0 amide bonds. The summed E-state index contributed by atoms with van der Waals surface area (Å²) < 4.78 is 5.82. The largest absolute Gasteiger partial charge is 0.489 e. The zero-order chi connectivity index (χ0) is 24.9. The molecule has 192 valence electrons. The number of aromatic nitrogens is 4. The Balaban J connectivity index is 1.30. The highest BCUT2D eigenvalue weighted by Crippen LogP contribution is 2.26. The molecule has 0 bridgehead atoms. The van der Waals surface area contributed by atoms with Crippen LogP contribution in [0.25, 0.3) is 10.9 Å². The van der Waals surface area contributed by atoms with Crippen molar-refractivity contribution in [1.82, 2.24) is 30.0 Å². The minimum absolute atomic E-state index is 0.203. The van der Waals surface area contributed by atoms with Gasteiger partial charge in [-0.3, -0.25) is 9.69 Å². The van der Waals surface area contributed by atoms with E-state index in [1.807, 2.05) is 29.2 Å². The molecule has 1 unspecified atom stereocenters. The number of nitrogens with zero attached hydrogens (tertiary/aromatic N) is 6. The first-order chi connectivity index (χ1) is 17.6. The number of benzene rings is 1. The normalized spacial score (nSPS) is 18.7. The highest BCUT2D eigenvalue weighted by atomic mass is 16.5. The van der Waals surface area contributed by atoms with Gasteiger partial charge < -0.3 is 25.0 Å². The van der Waals surface area contributed by atoms with Crippen LogP contribution in [-0.4, -0.2) is 94.2 Å². The van der Waals surface area contributed by atoms with Gasteiger partial charge in [-0.2, -0.15) is 10.1 Å². The fourth-order valence-corrected chi connectivity index (χ4v) is 4.66. The molecule has 1 atom stereocenters. The number of nitrogens with one attached hydrogen (secondary N) is 2. The van der Waals surface area contributed by atoms with E-state index in [4.69, 9.17) is 9.72 Å². The van der Waals surface area contributed by atoms with Crippen LogP contribution in [-0.2, 0) is 0 Å². The van der Waals surface area contributed by atoms with Gasteiger partial charge >= 0.3 is 0 Å². The topological polar surface area (TPSA) is 123 Å². The molecular formula is C25H34N8O3. The molecule has 2 aromatic heterocycles. The maximum atomic E-state index is 12.6. The fourth-order valence-electron chi connectivity index (χ4n) is 4.66. The maximum absolute atomic E-state index is 12.6. The Labute approximate surface area is 210 Å². The zero-order valence-corrected chi connectivity index (χ0v) is 20.7. The summed E-state index contributed by atoms with van der Waals surface area (Å²) in [6.45, 7) is 5.52. The van der Waals surface area contributed by atoms with Crippen LogP contribution >= 0.6 is 0 Å². The van der Waals surface area contributed by atoms with E-state index in [9.17, 15) is 9.90 Å². The van der Waals surface area contributed by atoms with Crippen molar-refractivity contribution in [3.05, 3.63) is 40.8 Å². The van der Waals surface area contributed by atoms with Crippen molar-refractivity contribution in [2.75, 3.05) is 63.1 Å². The molecule has 3 aromatic rings. The lowest BCUT2D eigenvalue weighted by Gasteiger charge is -2.35. The molecule has 0 radical (unpaired) electrons. The van der Waals surface area contributed by atoms with Crippen LogP contribution in [0, 0.1) is 0 Å². The Morgan fingerprint density at radius 3 is 2.47 bits per heavy atom. The van der Waals surface area contributed by atoms with Gasteiger partial charge in [-0.05, 0) is 44.2 Å². The first kappa shape index (κ1) is 24.4. The fraction of sp³-hybridized carbons (Fsp3) is 0.520. The quantitative estimate of drug-likeness (QED) is 0.448. The van der Waals surface area contributed by atoms with Crippen LogP contribution in [0.2, 0.25) is 0 Å². The monoisotopic (exact) mass is 494 g/mol. The van der Waals surface area contributed by atoms with Crippen molar-refractivity contribution in [3.63, 3.8) is 0 Å². The summed E-state index contributed by atoms with van der Waals surface area (Å²) in [5, 5.41) is 20.5. The lowest BCUT2D eigenvalue weighted by molar-refractivity contribution is -0.0463. The molecule has 36 heavy (non-hydrogen) atoms. The van der Waals surface area contributed by atoms with E-state index in [0.29, 0.717) is 28.4 Å². The Bertz CT molecular complexity index is 1200. The first-order valence-electron chi connectivity index (χ1n) is 12.7. The summed E-state index contributed by atoms with van der Waals surface area (Å²) in [7, 11) is 2.09. The molecule has 11 heteroatoms. The number of piperazine rings is 1. The number of anilines is 3.